The van der Waals surface area contributed by atoms with Gasteiger partial charge in [0.05, 0.1) is 39.6 Å². The van der Waals surface area contributed by atoms with E-state index in [0.29, 0.717) is 12.2 Å². The first kappa shape index (κ1) is 16.1. The van der Waals surface area contributed by atoms with E-state index in [9.17, 15) is 0 Å². The molecule has 124 valence electrons. The van der Waals surface area contributed by atoms with Crippen LogP contribution in [0.25, 0.3) is 0 Å². The molecule has 6 unspecified atom stereocenters. The molecule has 0 spiro atoms. The maximum absolute atomic E-state index is 5.71. The molecule has 0 radical (unpaired) electrons. The highest BCUT2D eigenvalue weighted by Crippen LogP contribution is 2.24. The maximum atomic E-state index is 5.71. The van der Waals surface area contributed by atoms with Crippen molar-refractivity contribution in [1.82, 2.24) is 0 Å². The van der Waals surface area contributed by atoms with Crippen LogP contribution in [0.4, 0.5) is 0 Å². The van der Waals surface area contributed by atoms with Crippen LogP contribution < -0.4 is 0 Å². The first-order valence-electron chi connectivity index (χ1n) is 7.75. The molecule has 0 saturated carbocycles. The smallest absolute Gasteiger partial charge is 0.111 e. The first-order valence-corrected chi connectivity index (χ1v) is 7.75. The van der Waals surface area contributed by atoms with Gasteiger partial charge in [-0.25, -0.2) is 0 Å². The Hall–Kier alpha value is -0.760. The molecule has 6 nitrogen and oxygen atoms in total. The molecular formula is C16H24O6. The summed E-state index contributed by atoms with van der Waals surface area (Å²) in [7, 11) is 0. The molecule has 0 amide bonds. The van der Waals surface area contributed by atoms with Gasteiger partial charge in [0.1, 0.15) is 36.6 Å². The lowest BCUT2D eigenvalue weighted by Crippen LogP contribution is -2.27. The largest absolute Gasteiger partial charge is 0.376 e. The highest BCUT2D eigenvalue weighted by atomic mass is 16.6. The Balaban J connectivity index is 0.000000139. The predicted molar refractivity (Wildman–Crippen MR) is 78.8 cm³/mol. The molecule has 4 saturated heterocycles. The second-order valence-electron chi connectivity index (χ2n) is 5.73. The fraction of sp³-hybridized carbons (Fsp3) is 0.750. The molecular weight excluding hydrogens is 288 g/mol. The minimum atomic E-state index is -0.0211. The highest BCUT2D eigenvalue weighted by molar-refractivity contribution is 4.99. The fourth-order valence-electron chi connectivity index (χ4n) is 1.92. The van der Waals surface area contributed by atoms with E-state index < -0.39 is 0 Å². The SMILES string of the molecule is C(OCC1CO1)C1CO1.C=CC(OC(C=C)C1CO1)C1CO1. The van der Waals surface area contributed by atoms with Crippen LogP contribution in [0.2, 0.25) is 0 Å². The minimum Gasteiger partial charge on any atom is -0.376 e. The van der Waals surface area contributed by atoms with Crippen molar-refractivity contribution in [3.05, 3.63) is 25.3 Å². The van der Waals surface area contributed by atoms with Gasteiger partial charge in [-0.1, -0.05) is 12.2 Å². The van der Waals surface area contributed by atoms with Crippen LogP contribution in [-0.2, 0) is 28.4 Å². The quantitative estimate of drug-likeness (QED) is 0.437. The predicted octanol–water partition coefficient (Wildman–Crippen LogP) is 0.710. The van der Waals surface area contributed by atoms with E-state index >= 15 is 0 Å². The molecule has 6 heteroatoms. The Kier molecular flexibility index (Phi) is 5.62. The van der Waals surface area contributed by atoms with E-state index in [4.69, 9.17) is 28.4 Å². The molecule has 4 aliphatic heterocycles. The number of hydrogen-bond donors (Lipinski definition) is 0. The van der Waals surface area contributed by atoms with Crippen molar-refractivity contribution in [3.8, 4) is 0 Å². The Bertz CT molecular complexity index is 337. The van der Waals surface area contributed by atoms with Crippen molar-refractivity contribution >= 4 is 0 Å². The van der Waals surface area contributed by atoms with E-state index in [-0.39, 0.29) is 24.4 Å². The summed E-state index contributed by atoms with van der Waals surface area (Å²) in [6.07, 6.45) is 4.68. The van der Waals surface area contributed by atoms with Gasteiger partial charge in [-0.2, -0.15) is 0 Å². The van der Waals surface area contributed by atoms with Gasteiger partial charge in [0.15, 0.2) is 0 Å². The molecule has 0 aromatic rings. The van der Waals surface area contributed by atoms with Gasteiger partial charge >= 0.3 is 0 Å². The Labute approximate surface area is 130 Å². The van der Waals surface area contributed by atoms with Crippen LogP contribution in [0.1, 0.15) is 0 Å². The second-order valence-corrected chi connectivity index (χ2v) is 5.73. The summed E-state index contributed by atoms with van der Waals surface area (Å²) in [5.74, 6) is 0. The van der Waals surface area contributed by atoms with Gasteiger partial charge in [-0.05, 0) is 0 Å². The lowest BCUT2D eigenvalue weighted by Gasteiger charge is -2.16. The van der Waals surface area contributed by atoms with Crippen LogP contribution in [0.3, 0.4) is 0 Å². The van der Waals surface area contributed by atoms with Crippen molar-refractivity contribution in [2.45, 2.75) is 36.6 Å². The van der Waals surface area contributed by atoms with E-state index in [1.165, 1.54) is 0 Å². The molecule has 4 heterocycles. The van der Waals surface area contributed by atoms with Crippen molar-refractivity contribution < 1.29 is 28.4 Å². The van der Waals surface area contributed by atoms with Gasteiger partial charge in [-0.15, -0.1) is 13.2 Å². The van der Waals surface area contributed by atoms with Crippen LogP contribution in [0, 0.1) is 0 Å². The molecule has 22 heavy (non-hydrogen) atoms. The van der Waals surface area contributed by atoms with Crippen molar-refractivity contribution in [3.63, 3.8) is 0 Å². The van der Waals surface area contributed by atoms with Gasteiger partial charge in [-0.3, -0.25) is 0 Å². The van der Waals surface area contributed by atoms with Crippen molar-refractivity contribution in [2.24, 2.45) is 0 Å². The Morgan fingerprint density at radius 1 is 0.818 bits per heavy atom. The minimum absolute atomic E-state index is 0.0211. The van der Waals surface area contributed by atoms with Crippen LogP contribution in [0.5, 0.6) is 0 Å². The summed E-state index contributed by atoms with van der Waals surface area (Å²) >= 11 is 0. The molecule has 0 bridgehead atoms. The van der Waals surface area contributed by atoms with Crippen LogP contribution in [-0.4, -0.2) is 76.3 Å². The average molecular weight is 312 g/mol. The lowest BCUT2D eigenvalue weighted by molar-refractivity contribution is 0.0119. The molecule has 0 aliphatic carbocycles. The van der Waals surface area contributed by atoms with E-state index in [0.717, 1.165) is 39.6 Å². The van der Waals surface area contributed by atoms with Gasteiger partial charge in [0.2, 0.25) is 0 Å². The summed E-state index contributed by atoms with van der Waals surface area (Å²) < 4.78 is 31.1. The number of hydrogen-bond acceptors (Lipinski definition) is 6. The third kappa shape index (κ3) is 5.79. The van der Waals surface area contributed by atoms with E-state index in [2.05, 4.69) is 13.2 Å². The third-order valence-corrected chi connectivity index (χ3v) is 3.64. The van der Waals surface area contributed by atoms with E-state index in [1.54, 1.807) is 12.2 Å². The Morgan fingerprint density at radius 3 is 1.50 bits per heavy atom. The van der Waals surface area contributed by atoms with Crippen molar-refractivity contribution in [1.29, 1.82) is 0 Å². The summed E-state index contributed by atoms with van der Waals surface area (Å²) in [6.45, 7) is 12.2. The monoisotopic (exact) mass is 312 g/mol. The number of rotatable bonds is 10. The molecule has 4 fully saturated rings. The summed E-state index contributed by atoms with van der Waals surface area (Å²) in [5, 5.41) is 0. The van der Waals surface area contributed by atoms with Gasteiger partial charge in [0, 0.05) is 0 Å². The zero-order valence-corrected chi connectivity index (χ0v) is 12.7. The molecule has 6 atom stereocenters. The molecule has 0 aromatic carbocycles. The van der Waals surface area contributed by atoms with Crippen molar-refractivity contribution in [2.75, 3.05) is 39.6 Å². The summed E-state index contributed by atoms with van der Waals surface area (Å²) in [4.78, 5) is 0. The molecule has 4 aliphatic rings. The summed E-state index contributed by atoms with van der Waals surface area (Å²) in [5.41, 5.74) is 0. The maximum Gasteiger partial charge on any atom is 0.111 e. The van der Waals surface area contributed by atoms with Crippen LogP contribution >= 0.6 is 0 Å². The fourth-order valence-corrected chi connectivity index (χ4v) is 1.92. The molecule has 0 aromatic heterocycles. The Morgan fingerprint density at radius 2 is 1.23 bits per heavy atom. The topological polar surface area (TPSA) is 68.6 Å². The summed E-state index contributed by atoms with van der Waals surface area (Å²) in [6, 6.07) is 0. The van der Waals surface area contributed by atoms with Crippen LogP contribution in [0.15, 0.2) is 25.3 Å². The number of ether oxygens (including phenoxy) is 6. The zero-order chi connectivity index (χ0) is 15.4. The second kappa shape index (κ2) is 7.68. The lowest BCUT2D eigenvalue weighted by atomic mass is 10.2. The van der Waals surface area contributed by atoms with E-state index in [1.807, 2.05) is 0 Å². The number of epoxide rings is 4. The molecule has 0 N–H and O–H groups in total. The molecule has 4 rings (SSSR count). The highest BCUT2D eigenvalue weighted by Gasteiger charge is 2.38. The normalized spacial score (nSPS) is 36.4. The third-order valence-electron chi connectivity index (χ3n) is 3.64. The zero-order valence-electron chi connectivity index (χ0n) is 12.7. The first-order chi connectivity index (χ1) is 10.8. The van der Waals surface area contributed by atoms with Gasteiger partial charge < -0.3 is 28.4 Å². The average Bonchev–Trinajstić information content (AvgIpc) is 3.39. The standard InChI is InChI=1S/C10H14O3.C6H10O3/c1-3-7(9-5-11-9)13-8(4-2)10-6-12-10;1(5-3-8-5)7-2-6-4-9-6/h3-4,7-10H,1-2,5-6H2;5-6H,1-4H2. The van der Waals surface area contributed by atoms with Gasteiger partial charge in [0.25, 0.3) is 0 Å².